The summed E-state index contributed by atoms with van der Waals surface area (Å²) in [4.78, 5) is 6.76. The van der Waals surface area contributed by atoms with Crippen molar-refractivity contribution in [2.24, 2.45) is 4.99 Å². The van der Waals surface area contributed by atoms with Gasteiger partial charge in [-0.3, -0.25) is 4.99 Å². The summed E-state index contributed by atoms with van der Waals surface area (Å²) in [6.07, 6.45) is -0.318. The third-order valence-electron chi connectivity index (χ3n) is 3.40. The Morgan fingerprint density at radius 3 is 2.41 bits per heavy atom. The largest absolute Gasteiger partial charge is 0.390 e. The number of aliphatic imine (C=N–C) groups is 1. The van der Waals surface area contributed by atoms with Crippen LogP contribution in [-0.4, -0.2) is 56.3 Å². The van der Waals surface area contributed by atoms with Gasteiger partial charge in [0.2, 0.25) is 0 Å². The normalized spacial score (nSPS) is 16.5. The van der Waals surface area contributed by atoms with Crippen molar-refractivity contribution in [1.82, 2.24) is 15.5 Å². The number of hydrogen-bond acceptors (Lipinski definition) is 2. The molecule has 0 radical (unpaired) electrons. The molecule has 0 bridgehead atoms. The summed E-state index contributed by atoms with van der Waals surface area (Å²) in [6, 6.07) is 0. The molecule has 1 aliphatic heterocycles. The molecule has 0 aromatic heterocycles. The van der Waals surface area contributed by atoms with Crippen LogP contribution in [0.3, 0.4) is 0 Å². The zero-order valence-electron chi connectivity index (χ0n) is 13.2. The maximum atomic E-state index is 12.1. The van der Waals surface area contributed by atoms with E-state index >= 15 is 0 Å². The minimum absolute atomic E-state index is 0. The molecule has 4 nitrogen and oxygen atoms in total. The van der Waals surface area contributed by atoms with Gasteiger partial charge in [-0.15, -0.1) is 24.0 Å². The van der Waals surface area contributed by atoms with Gasteiger partial charge in [0, 0.05) is 19.6 Å². The quantitative estimate of drug-likeness (QED) is 0.266. The maximum absolute atomic E-state index is 12.1. The zero-order chi connectivity index (χ0) is 15.6. The third-order valence-corrected chi connectivity index (χ3v) is 3.40. The van der Waals surface area contributed by atoms with E-state index < -0.39 is 12.6 Å². The minimum atomic E-state index is -4.12. The molecule has 1 saturated heterocycles. The van der Waals surface area contributed by atoms with E-state index in [1.807, 2.05) is 6.92 Å². The second kappa shape index (κ2) is 12.2. The van der Waals surface area contributed by atoms with Gasteiger partial charge in [-0.2, -0.15) is 13.2 Å². The molecule has 1 heterocycles. The lowest BCUT2D eigenvalue weighted by molar-refractivity contribution is -0.132. The molecular weight excluding hydrogens is 408 g/mol. The van der Waals surface area contributed by atoms with E-state index in [9.17, 15) is 13.2 Å². The molecule has 1 fully saturated rings. The van der Waals surface area contributed by atoms with Gasteiger partial charge in [0.25, 0.3) is 0 Å². The fourth-order valence-corrected chi connectivity index (χ4v) is 2.31. The molecule has 0 amide bonds. The summed E-state index contributed by atoms with van der Waals surface area (Å²) < 4.78 is 36.3. The maximum Gasteiger partial charge on any atom is 0.390 e. The number of nitrogens with one attached hydrogen (secondary N) is 2. The fourth-order valence-electron chi connectivity index (χ4n) is 2.31. The first kappa shape index (κ1) is 21.8. The van der Waals surface area contributed by atoms with E-state index in [1.54, 1.807) is 0 Å². The van der Waals surface area contributed by atoms with Crippen molar-refractivity contribution in [2.45, 2.75) is 45.2 Å². The first-order chi connectivity index (χ1) is 10.0. The molecule has 1 aliphatic rings. The van der Waals surface area contributed by atoms with Crippen LogP contribution in [0.25, 0.3) is 0 Å². The Morgan fingerprint density at radius 1 is 1.14 bits per heavy atom. The van der Waals surface area contributed by atoms with E-state index in [2.05, 4.69) is 20.5 Å². The highest BCUT2D eigenvalue weighted by Crippen LogP contribution is 2.18. The topological polar surface area (TPSA) is 39.7 Å². The Labute approximate surface area is 148 Å². The minimum Gasteiger partial charge on any atom is -0.357 e. The first-order valence-corrected chi connectivity index (χ1v) is 7.82. The van der Waals surface area contributed by atoms with Gasteiger partial charge in [-0.1, -0.05) is 0 Å². The van der Waals surface area contributed by atoms with Crippen LogP contribution in [0, 0.1) is 0 Å². The molecule has 0 aromatic rings. The number of halogens is 4. The molecule has 22 heavy (non-hydrogen) atoms. The molecule has 0 unspecified atom stereocenters. The van der Waals surface area contributed by atoms with E-state index in [-0.39, 0.29) is 30.5 Å². The van der Waals surface area contributed by atoms with Crippen molar-refractivity contribution < 1.29 is 13.2 Å². The van der Waals surface area contributed by atoms with E-state index in [1.165, 1.54) is 25.9 Å². The lowest BCUT2D eigenvalue weighted by Crippen LogP contribution is -2.39. The van der Waals surface area contributed by atoms with Crippen LogP contribution in [0.15, 0.2) is 4.99 Å². The van der Waals surface area contributed by atoms with Gasteiger partial charge >= 0.3 is 6.18 Å². The van der Waals surface area contributed by atoms with Crippen molar-refractivity contribution >= 4 is 29.9 Å². The number of likely N-dealkylation sites (tertiary alicyclic amines) is 1. The molecule has 2 N–H and O–H groups in total. The average Bonchev–Trinajstić information content (AvgIpc) is 2.90. The number of rotatable bonds is 8. The monoisotopic (exact) mass is 436 g/mol. The molecule has 0 aliphatic carbocycles. The number of alkyl halides is 3. The molecule has 8 heteroatoms. The van der Waals surface area contributed by atoms with Crippen LogP contribution in [-0.2, 0) is 0 Å². The van der Waals surface area contributed by atoms with Gasteiger partial charge < -0.3 is 15.5 Å². The average molecular weight is 436 g/mol. The molecule has 0 saturated carbocycles. The predicted octanol–water partition coefficient (Wildman–Crippen LogP) is 2.99. The van der Waals surface area contributed by atoms with E-state index in [0.717, 1.165) is 19.4 Å². The molecular formula is C14H28F3IN4. The summed E-state index contributed by atoms with van der Waals surface area (Å²) in [6.45, 7) is 6.56. The van der Waals surface area contributed by atoms with E-state index in [0.29, 0.717) is 19.0 Å². The fraction of sp³-hybridized carbons (Fsp3) is 0.929. The Balaban J connectivity index is 0.00000441. The molecule has 1 rings (SSSR count). The second-order valence-electron chi connectivity index (χ2n) is 5.31. The van der Waals surface area contributed by atoms with Crippen LogP contribution in [0.5, 0.6) is 0 Å². The van der Waals surface area contributed by atoms with Gasteiger partial charge in [0.15, 0.2) is 5.96 Å². The highest BCUT2D eigenvalue weighted by Gasteiger charge is 2.26. The van der Waals surface area contributed by atoms with Crippen molar-refractivity contribution in [3.05, 3.63) is 0 Å². The zero-order valence-corrected chi connectivity index (χ0v) is 15.5. The standard InChI is InChI=1S/C14H27F3N4.HI/c1-2-18-13(20-9-7-14(15,16)17)19-8-3-4-10-21-11-5-6-12-21;/h2-12H2,1H3,(H2,18,19,20);1H. The lowest BCUT2D eigenvalue weighted by Gasteiger charge is -2.14. The number of hydrogen-bond donors (Lipinski definition) is 2. The summed E-state index contributed by atoms with van der Waals surface area (Å²) in [5.41, 5.74) is 0. The van der Waals surface area contributed by atoms with Crippen molar-refractivity contribution in [2.75, 3.05) is 39.3 Å². The van der Waals surface area contributed by atoms with Crippen LogP contribution in [0.1, 0.15) is 39.0 Å². The second-order valence-corrected chi connectivity index (χ2v) is 5.31. The molecule has 0 spiro atoms. The highest BCUT2D eigenvalue weighted by molar-refractivity contribution is 14.0. The molecule has 0 aromatic carbocycles. The highest BCUT2D eigenvalue weighted by atomic mass is 127. The Morgan fingerprint density at radius 2 is 1.82 bits per heavy atom. The Bertz CT molecular complexity index is 305. The van der Waals surface area contributed by atoms with Gasteiger partial charge in [0.05, 0.1) is 6.42 Å². The number of nitrogens with zero attached hydrogens (tertiary/aromatic N) is 2. The first-order valence-electron chi connectivity index (χ1n) is 7.82. The SMILES string of the molecule is CCNC(=NCCCCN1CCCC1)NCCC(F)(F)F.I. The van der Waals surface area contributed by atoms with Crippen LogP contribution in [0.2, 0.25) is 0 Å². The van der Waals surface area contributed by atoms with E-state index in [4.69, 9.17) is 0 Å². The Hall–Kier alpha value is -0.250. The van der Waals surface area contributed by atoms with Gasteiger partial charge in [-0.25, -0.2) is 0 Å². The number of unbranched alkanes of at least 4 members (excludes halogenated alkanes) is 1. The van der Waals surface area contributed by atoms with Crippen molar-refractivity contribution in [3.63, 3.8) is 0 Å². The Kier molecular flexibility index (Phi) is 12.1. The molecule has 0 atom stereocenters. The summed E-state index contributed by atoms with van der Waals surface area (Å²) >= 11 is 0. The molecule has 132 valence electrons. The van der Waals surface area contributed by atoms with Crippen LogP contribution < -0.4 is 10.6 Å². The van der Waals surface area contributed by atoms with Gasteiger partial charge in [-0.05, 0) is 52.2 Å². The van der Waals surface area contributed by atoms with Crippen molar-refractivity contribution in [3.8, 4) is 0 Å². The predicted molar refractivity (Wildman–Crippen MR) is 95.0 cm³/mol. The summed E-state index contributed by atoms with van der Waals surface area (Å²) in [7, 11) is 0. The summed E-state index contributed by atoms with van der Waals surface area (Å²) in [5, 5.41) is 5.68. The third kappa shape index (κ3) is 11.3. The van der Waals surface area contributed by atoms with Crippen LogP contribution >= 0.6 is 24.0 Å². The smallest absolute Gasteiger partial charge is 0.357 e. The van der Waals surface area contributed by atoms with Gasteiger partial charge in [0.1, 0.15) is 0 Å². The number of guanidine groups is 1. The lowest BCUT2D eigenvalue weighted by atomic mass is 10.3. The summed E-state index contributed by atoms with van der Waals surface area (Å²) in [5.74, 6) is 0.475. The van der Waals surface area contributed by atoms with Crippen LogP contribution in [0.4, 0.5) is 13.2 Å². The van der Waals surface area contributed by atoms with Crippen molar-refractivity contribution in [1.29, 1.82) is 0 Å².